The molecule has 1 aliphatic heterocycles. The van der Waals surface area contributed by atoms with Gasteiger partial charge in [-0.15, -0.1) is 0 Å². The monoisotopic (exact) mass is 332 g/mol. The summed E-state index contributed by atoms with van der Waals surface area (Å²) >= 11 is 0. The lowest BCUT2D eigenvalue weighted by Gasteiger charge is -2.25. The molecule has 3 nitrogen and oxygen atoms in total. The van der Waals surface area contributed by atoms with Crippen molar-refractivity contribution in [1.82, 2.24) is 4.90 Å². The third-order valence-corrected chi connectivity index (χ3v) is 4.24. The molecule has 2 unspecified atom stereocenters. The maximum atomic E-state index is 14.1. The van der Waals surface area contributed by atoms with Crippen molar-refractivity contribution in [2.45, 2.75) is 25.1 Å². The molecule has 1 aliphatic rings. The van der Waals surface area contributed by atoms with E-state index in [2.05, 4.69) is 0 Å². The van der Waals surface area contributed by atoms with Crippen LogP contribution in [-0.4, -0.2) is 22.7 Å². The molecule has 0 amide bonds. The average Bonchev–Trinajstić information content (AvgIpc) is 2.90. The zero-order valence-electron chi connectivity index (χ0n) is 12.7. The van der Waals surface area contributed by atoms with Crippen molar-refractivity contribution >= 4 is 0 Å². The lowest BCUT2D eigenvalue weighted by molar-refractivity contribution is 0.172. The highest BCUT2D eigenvalue weighted by atomic mass is 19.1. The van der Waals surface area contributed by atoms with Crippen LogP contribution in [0.25, 0.3) is 0 Å². The molecule has 0 bridgehead atoms. The standard InChI is InChI=1S/C18H15F3N2O/c19-13-3-4-16(20)15(6-13)18-7-14(24)10-23(18)9-11-1-2-12(8-22)17(21)5-11/h1-6,14,18,24H,7,9-10H2. The predicted molar refractivity (Wildman–Crippen MR) is 81.2 cm³/mol. The summed E-state index contributed by atoms with van der Waals surface area (Å²) in [5, 5.41) is 18.7. The second kappa shape index (κ2) is 6.63. The Morgan fingerprint density at radius 2 is 1.92 bits per heavy atom. The Hall–Kier alpha value is -2.36. The number of nitrogens with zero attached hydrogens (tertiary/aromatic N) is 2. The van der Waals surface area contributed by atoms with E-state index in [4.69, 9.17) is 5.26 Å². The molecule has 6 heteroatoms. The molecule has 0 spiro atoms. The van der Waals surface area contributed by atoms with Gasteiger partial charge in [-0.3, -0.25) is 4.90 Å². The molecule has 0 aromatic heterocycles. The summed E-state index contributed by atoms with van der Waals surface area (Å²) < 4.78 is 41.3. The molecule has 0 aliphatic carbocycles. The Morgan fingerprint density at radius 1 is 1.12 bits per heavy atom. The van der Waals surface area contributed by atoms with Gasteiger partial charge >= 0.3 is 0 Å². The summed E-state index contributed by atoms with van der Waals surface area (Å²) in [4.78, 5) is 1.78. The van der Waals surface area contributed by atoms with E-state index in [1.54, 1.807) is 17.0 Å². The number of benzene rings is 2. The molecule has 1 heterocycles. The largest absolute Gasteiger partial charge is 0.392 e. The first kappa shape index (κ1) is 16.5. The number of halogens is 3. The van der Waals surface area contributed by atoms with E-state index in [0.29, 0.717) is 5.56 Å². The molecule has 2 aromatic carbocycles. The summed E-state index contributed by atoms with van der Waals surface area (Å²) in [6.07, 6.45) is -0.389. The maximum Gasteiger partial charge on any atom is 0.141 e. The topological polar surface area (TPSA) is 47.3 Å². The molecule has 0 saturated carbocycles. The molecule has 2 atom stereocenters. The van der Waals surface area contributed by atoms with Crippen LogP contribution in [-0.2, 0) is 6.54 Å². The van der Waals surface area contributed by atoms with Gasteiger partial charge in [0.05, 0.1) is 11.7 Å². The molecule has 0 radical (unpaired) electrons. The van der Waals surface area contributed by atoms with Gasteiger partial charge in [-0.1, -0.05) is 6.07 Å². The highest BCUT2D eigenvalue weighted by Crippen LogP contribution is 2.35. The first-order valence-corrected chi connectivity index (χ1v) is 7.53. The minimum atomic E-state index is -0.666. The van der Waals surface area contributed by atoms with Crippen LogP contribution in [0.3, 0.4) is 0 Å². The first-order valence-electron chi connectivity index (χ1n) is 7.53. The van der Waals surface area contributed by atoms with Crippen LogP contribution in [0, 0.1) is 28.8 Å². The van der Waals surface area contributed by atoms with E-state index in [-0.39, 0.29) is 30.6 Å². The zero-order valence-corrected chi connectivity index (χ0v) is 12.7. The number of rotatable bonds is 3. The first-order chi connectivity index (χ1) is 11.5. The fourth-order valence-corrected chi connectivity index (χ4v) is 3.13. The Labute approximate surface area is 137 Å². The minimum absolute atomic E-state index is 0.0482. The molecule has 24 heavy (non-hydrogen) atoms. The maximum absolute atomic E-state index is 14.1. The van der Waals surface area contributed by atoms with Crippen molar-refractivity contribution in [1.29, 1.82) is 5.26 Å². The number of β-amino-alcohol motifs (C(OH)–C–C–N with tert-alkyl or cyclic N) is 1. The normalized spacial score (nSPS) is 21.0. The van der Waals surface area contributed by atoms with E-state index in [9.17, 15) is 18.3 Å². The molecule has 3 rings (SSSR count). The van der Waals surface area contributed by atoms with Gasteiger partial charge in [0.25, 0.3) is 0 Å². The lowest BCUT2D eigenvalue weighted by Crippen LogP contribution is -2.25. The van der Waals surface area contributed by atoms with Crippen LogP contribution < -0.4 is 0 Å². The Balaban J connectivity index is 1.87. The average molecular weight is 332 g/mol. The Morgan fingerprint density at radius 3 is 2.62 bits per heavy atom. The summed E-state index contributed by atoms with van der Waals surface area (Å²) in [5.41, 5.74) is 0.732. The van der Waals surface area contributed by atoms with Gasteiger partial charge in [0.15, 0.2) is 0 Å². The molecule has 1 fully saturated rings. The number of likely N-dealkylation sites (tertiary alicyclic amines) is 1. The van der Waals surface area contributed by atoms with E-state index in [1.807, 2.05) is 0 Å². The Bertz CT molecular complexity index is 803. The summed E-state index contributed by atoms with van der Waals surface area (Å²) in [7, 11) is 0. The van der Waals surface area contributed by atoms with Crippen molar-refractivity contribution in [3.05, 3.63) is 70.5 Å². The van der Waals surface area contributed by atoms with Crippen molar-refractivity contribution in [2.75, 3.05) is 6.54 Å². The third kappa shape index (κ3) is 3.28. The van der Waals surface area contributed by atoms with Crippen LogP contribution >= 0.6 is 0 Å². The van der Waals surface area contributed by atoms with Crippen LogP contribution in [0.5, 0.6) is 0 Å². The Kier molecular flexibility index (Phi) is 4.56. The van der Waals surface area contributed by atoms with E-state index < -0.39 is 29.6 Å². The van der Waals surface area contributed by atoms with Crippen molar-refractivity contribution in [3.8, 4) is 6.07 Å². The quantitative estimate of drug-likeness (QED) is 0.938. The molecule has 124 valence electrons. The third-order valence-electron chi connectivity index (χ3n) is 4.24. The number of aliphatic hydroxyl groups excluding tert-OH is 1. The van der Waals surface area contributed by atoms with Gasteiger partial charge in [-0.2, -0.15) is 5.26 Å². The van der Waals surface area contributed by atoms with Gasteiger partial charge in [0.2, 0.25) is 0 Å². The zero-order chi connectivity index (χ0) is 17.3. The van der Waals surface area contributed by atoms with Crippen LogP contribution in [0.15, 0.2) is 36.4 Å². The fraction of sp³-hybridized carbons (Fsp3) is 0.278. The number of hydrogen-bond donors (Lipinski definition) is 1. The van der Waals surface area contributed by atoms with Crippen molar-refractivity contribution in [2.24, 2.45) is 0 Å². The number of hydrogen-bond acceptors (Lipinski definition) is 3. The van der Waals surface area contributed by atoms with Gasteiger partial charge < -0.3 is 5.11 Å². The predicted octanol–water partition coefficient (Wildman–Crippen LogP) is 3.28. The van der Waals surface area contributed by atoms with Crippen LogP contribution in [0.2, 0.25) is 0 Å². The molecular weight excluding hydrogens is 317 g/mol. The fourth-order valence-electron chi connectivity index (χ4n) is 3.13. The van der Waals surface area contributed by atoms with Crippen LogP contribution in [0.1, 0.15) is 29.2 Å². The van der Waals surface area contributed by atoms with E-state index in [0.717, 1.165) is 18.2 Å². The van der Waals surface area contributed by atoms with Gasteiger partial charge in [0.1, 0.15) is 23.5 Å². The van der Waals surface area contributed by atoms with Gasteiger partial charge in [0, 0.05) is 24.7 Å². The SMILES string of the molecule is N#Cc1ccc(CN2CC(O)CC2c2cc(F)ccc2F)cc1F. The molecule has 1 saturated heterocycles. The molecule has 2 aromatic rings. The van der Waals surface area contributed by atoms with E-state index in [1.165, 1.54) is 12.1 Å². The smallest absolute Gasteiger partial charge is 0.141 e. The highest BCUT2D eigenvalue weighted by Gasteiger charge is 2.33. The number of aliphatic hydroxyl groups is 1. The van der Waals surface area contributed by atoms with Crippen molar-refractivity contribution < 1.29 is 18.3 Å². The second-order valence-electron chi connectivity index (χ2n) is 5.93. The second-order valence-corrected chi connectivity index (χ2v) is 5.93. The van der Waals surface area contributed by atoms with Crippen molar-refractivity contribution in [3.63, 3.8) is 0 Å². The number of nitriles is 1. The summed E-state index contributed by atoms with van der Waals surface area (Å²) in [6, 6.07) is 8.75. The lowest BCUT2D eigenvalue weighted by atomic mass is 10.0. The highest BCUT2D eigenvalue weighted by molar-refractivity contribution is 5.33. The minimum Gasteiger partial charge on any atom is -0.392 e. The van der Waals surface area contributed by atoms with Crippen LogP contribution in [0.4, 0.5) is 13.2 Å². The summed E-state index contributed by atoms with van der Waals surface area (Å²) in [5.74, 6) is -1.70. The molecular formula is C18H15F3N2O. The molecule has 1 N–H and O–H groups in total. The van der Waals surface area contributed by atoms with Gasteiger partial charge in [-0.05, 0) is 42.3 Å². The van der Waals surface area contributed by atoms with E-state index >= 15 is 0 Å². The summed E-state index contributed by atoms with van der Waals surface area (Å²) in [6.45, 7) is 0.544. The van der Waals surface area contributed by atoms with Gasteiger partial charge in [-0.25, -0.2) is 13.2 Å².